The van der Waals surface area contributed by atoms with Crippen LogP contribution in [0.2, 0.25) is 0 Å². The molecule has 0 aliphatic carbocycles. The van der Waals surface area contributed by atoms with Crippen molar-refractivity contribution in [1.82, 2.24) is 4.98 Å². The Morgan fingerprint density at radius 1 is 1.11 bits per heavy atom. The van der Waals surface area contributed by atoms with Crippen molar-refractivity contribution in [1.29, 1.82) is 0 Å². The molecule has 0 atom stereocenters. The molecule has 2 rings (SSSR count). The van der Waals surface area contributed by atoms with E-state index < -0.39 is 0 Å². The molecule has 2 nitrogen and oxygen atoms in total. The molecule has 0 N–H and O–H groups in total. The predicted octanol–water partition coefficient (Wildman–Crippen LogP) is 4.51. The Morgan fingerprint density at radius 2 is 1.74 bits per heavy atom. The van der Waals surface area contributed by atoms with Crippen LogP contribution in [-0.2, 0) is 0 Å². The second-order valence-electron chi connectivity index (χ2n) is 5.31. The first-order chi connectivity index (χ1) is 9.10. The van der Waals surface area contributed by atoms with E-state index in [9.17, 15) is 0 Å². The molecule has 0 saturated carbocycles. The van der Waals surface area contributed by atoms with E-state index in [0.717, 1.165) is 18.6 Å². The second-order valence-corrected chi connectivity index (χ2v) is 5.31. The minimum atomic E-state index is 0.457. The fourth-order valence-corrected chi connectivity index (χ4v) is 2.82. The number of benzene rings is 1. The van der Waals surface area contributed by atoms with Gasteiger partial charge in [-0.2, -0.15) is 0 Å². The van der Waals surface area contributed by atoms with Crippen molar-refractivity contribution < 1.29 is 0 Å². The first-order valence-electron chi connectivity index (χ1n) is 7.24. The number of nitrogens with zero attached hydrogens (tertiary/aromatic N) is 2. The van der Waals surface area contributed by atoms with Gasteiger partial charge in [-0.25, -0.2) is 0 Å². The number of hydrogen-bond donors (Lipinski definition) is 0. The fraction of sp³-hybridized carbons (Fsp3) is 0.471. The van der Waals surface area contributed by atoms with Gasteiger partial charge >= 0.3 is 0 Å². The average Bonchev–Trinajstić information content (AvgIpc) is 2.41. The van der Waals surface area contributed by atoms with Gasteiger partial charge in [-0.05, 0) is 38.3 Å². The fourth-order valence-electron chi connectivity index (χ4n) is 2.82. The third kappa shape index (κ3) is 2.44. The summed E-state index contributed by atoms with van der Waals surface area (Å²) < 4.78 is 0. The summed E-state index contributed by atoms with van der Waals surface area (Å²) in [7, 11) is 0. The highest BCUT2D eigenvalue weighted by molar-refractivity contribution is 5.94. The van der Waals surface area contributed by atoms with Gasteiger partial charge in [-0.3, -0.25) is 4.98 Å². The third-order valence-electron chi connectivity index (χ3n) is 3.77. The summed E-state index contributed by atoms with van der Waals surface area (Å²) in [5, 5.41) is 1.27. The predicted molar refractivity (Wildman–Crippen MR) is 84.1 cm³/mol. The number of aromatic nitrogens is 1. The SMILES string of the molecule is CCN(CC)c1c(C)c(C(C)C)nc2ccccc12. The highest BCUT2D eigenvalue weighted by Gasteiger charge is 2.16. The van der Waals surface area contributed by atoms with Crippen LogP contribution >= 0.6 is 0 Å². The van der Waals surface area contributed by atoms with E-state index in [0.29, 0.717) is 5.92 Å². The standard InChI is InChI=1S/C17H24N2/c1-6-19(7-2)17-13(5)16(12(3)4)18-15-11-9-8-10-14(15)17/h8-12H,6-7H2,1-5H3. The van der Waals surface area contributed by atoms with E-state index in [1.54, 1.807) is 0 Å². The first-order valence-corrected chi connectivity index (χ1v) is 7.24. The normalized spacial score (nSPS) is 11.3. The van der Waals surface area contributed by atoms with Crippen LogP contribution < -0.4 is 4.90 Å². The molecule has 2 aromatic rings. The Morgan fingerprint density at radius 3 is 2.32 bits per heavy atom. The molecule has 0 radical (unpaired) electrons. The highest BCUT2D eigenvalue weighted by Crippen LogP contribution is 2.33. The van der Waals surface area contributed by atoms with Crippen LogP contribution in [0, 0.1) is 6.92 Å². The zero-order chi connectivity index (χ0) is 14.0. The zero-order valence-corrected chi connectivity index (χ0v) is 12.7. The van der Waals surface area contributed by atoms with Crippen LogP contribution in [0.25, 0.3) is 10.9 Å². The molecule has 102 valence electrons. The molecule has 0 aliphatic heterocycles. The zero-order valence-electron chi connectivity index (χ0n) is 12.7. The van der Waals surface area contributed by atoms with Gasteiger partial charge in [-0.15, -0.1) is 0 Å². The Labute approximate surface area is 116 Å². The van der Waals surface area contributed by atoms with Crippen molar-refractivity contribution in [2.75, 3.05) is 18.0 Å². The summed E-state index contributed by atoms with van der Waals surface area (Å²) in [6.45, 7) is 13.1. The van der Waals surface area contributed by atoms with Gasteiger partial charge < -0.3 is 4.90 Å². The summed E-state index contributed by atoms with van der Waals surface area (Å²) in [5.74, 6) is 0.457. The molecule has 1 aromatic carbocycles. The van der Waals surface area contributed by atoms with Crippen LogP contribution in [0.1, 0.15) is 44.9 Å². The molecule has 1 heterocycles. The van der Waals surface area contributed by atoms with Gasteiger partial charge in [0.05, 0.1) is 11.2 Å². The number of para-hydroxylation sites is 1. The smallest absolute Gasteiger partial charge is 0.0726 e. The molecular weight excluding hydrogens is 232 g/mol. The first kappa shape index (κ1) is 13.9. The maximum absolute atomic E-state index is 4.86. The number of fused-ring (bicyclic) bond motifs is 1. The molecular formula is C17H24N2. The van der Waals surface area contributed by atoms with Crippen molar-refractivity contribution in [3.05, 3.63) is 35.5 Å². The molecule has 0 saturated heterocycles. The van der Waals surface area contributed by atoms with Gasteiger partial charge in [0.1, 0.15) is 0 Å². The lowest BCUT2D eigenvalue weighted by molar-refractivity contribution is 0.807. The second kappa shape index (κ2) is 5.60. The van der Waals surface area contributed by atoms with Crippen molar-refractivity contribution in [2.24, 2.45) is 0 Å². The largest absolute Gasteiger partial charge is 0.371 e. The molecule has 2 heteroatoms. The quantitative estimate of drug-likeness (QED) is 0.800. The third-order valence-corrected chi connectivity index (χ3v) is 3.77. The van der Waals surface area contributed by atoms with E-state index in [4.69, 9.17) is 4.98 Å². The number of rotatable bonds is 4. The van der Waals surface area contributed by atoms with E-state index in [-0.39, 0.29) is 0 Å². The summed E-state index contributed by atoms with van der Waals surface area (Å²) in [5.41, 5.74) is 5.02. The molecule has 0 unspecified atom stereocenters. The van der Waals surface area contributed by atoms with Crippen molar-refractivity contribution in [3.8, 4) is 0 Å². The summed E-state index contributed by atoms with van der Waals surface area (Å²) in [6.07, 6.45) is 0. The molecule has 19 heavy (non-hydrogen) atoms. The average molecular weight is 256 g/mol. The van der Waals surface area contributed by atoms with E-state index >= 15 is 0 Å². The number of pyridine rings is 1. The van der Waals surface area contributed by atoms with Gasteiger partial charge in [-0.1, -0.05) is 32.0 Å². The molecule has 0 bridgehead atoms. The van der Waals surface area contributed by atoms with E-state index in [1.165, 1.54) is 22.3 Å². The van der Waals surface area contributed by atoms with Gasteiger partial charge in [0.2, 0.25) is 0 Å². The van der Waals surface area contributed by atoms with Gasteiger partial charge in [0.15, 0.2) is 0 Å². The lowest BCUT2D eigenvalue weighted by Gasteiger charge is -2.27. The summed E-state index contributed by atoms with van der Waals surface area (Å²) in [4.78, 5) is 7.29. The molecule has 0 spiro atoms. The minimum absolute atomic E-state index is 0.457. The molecule has 1 aromatic heterocycles. The van der Waals surface area contributed by atoms with Crippen molar-refractivity contribution in [3.63, 3.8) is 0 Å². The molecule has 0 aliphatic rings. The highest BCUT2D eigenvalue weighted by atomic mass is 15.1. The molecule has 0 fully saturated rings. The summed E-state index contributed by atoms with van der Waals surface area (Å²) in [6, 6.07) is 8.48. The Hall–Kier alpha value is -1.57. The van der Waals surface area contributed by atoms with Gasteiger partial charge in [0.25, 0.3) is 0 Å². The lowest BCUT2D eigenvalue weighted by atomic mass is 9.99. The van der Waals surface area contributed by atoms with Crippen LogP contribution in [-0.4, -0.2) is 18.1 Å². The van der Waals surface area contributed by atoms with Gasteiger partial charge in [0, 0.05) is 24.2 Å². The van der Waals surface area contributed by atoms with Crippen LogP contribution in [0.4, 0.5) is 5.69 Å². The monoisotopic (exact) mass is 256 g/mol. The van der Waals surface area contributed by atoms with Crippen molar-refractivity contribution >= 4 is 16.6 Å². The number of hydrogen-bond acceptors (Lipinski definition) is 2. The number of anilines is 1. The Balaban J connectivity index is 2.80. The van der Waals surface area contributed by atoms with E-state index in [2.05, 4.69) is 63.8 Å². The minimum Gasteiger partial charge on any atom is -0.371 e. The summed E-state index contributed by atoms with van der Waals surface area (Å²) >= 11 is 0. The Bertz CT molecular complexity index is 569. The van der Waals surface area contributed by atoms with Crippen LogP contribution in [0.3, 0.4) is 0 Å². The Kier molecular flexibility index (Phi) is 4.08. The topological polar surface area (TPSA) is 16.1 Å². The van der Waals surface area contributed by atoms with Crippen molar-refractivity contribution in [2.45, 2.75) is 40.5 Å². The lowest BCUT2D eigenvalue weighted by Crippen LogP contribution is -2.24. The van der Waals surface area contributed by atoms with Crippen LogP contribution in [0.5, 0.6) is 0 Å². The molecule has 0 amide bonds. The van der Waals surface area contributed by atoms with E-state index in [1.807, 2.05) is 0 Å². The maximum Gasteiger partial charge on any atom is 0.0726 e. The van der Waals surface area contributed by atoms with Crippen LogP contribution in [0.15, 0.2) is 24.3 Å². The maximum atomic E-state index is 4.86.